The molecular weight excluding hydrogens is 378 g/mol. The minimum Gasteiger partial charge on any atom is -0.256 e. The van der Waals surface area contributed by atoms with Crippen LogP contribution in [-0.4, -0.2) is 26.7 Å². The molecule has 0 aliphatic heterocycles. The van der Waals surface area contributed by atoms with Crippen LogP contribution in [0, 0.1) is 12.7 Å². The van der Waals surface area contributed by atoms with Gasteiger partial charge in [-0.1, -0.05) is 25.1 Å². The van der Waals surface area contributed by atoms with Crippen LogP contribution in [0.3, 0.4) is 0 Å². The van der Waals surface area contributed by atoms with E-state index in [2.05, 4.69) is 16.3 Å². The van der Waals surface area contributed by atoms with Crippen molar-refractivity contribution >= 4 is 11.0 Å². The fourth-order valence-electron chi connectivity index (χ4n) is 3.10. The van der Waals surface area contributed by atoms with Crippen LogP contribution in [0.2, 0.25) is 0 Å². The normalized spacial score (nSPS) is 15.6. The third-order valence-corrected chi connectivity index (χ3v) is 5.85. The Morgan fingerprint density at radius 2 is 2.14 bits per heavy atom. The number of aromatic nitrogens is 1. The molecule has 2 rings (SSSR count). The molecule has 6 heteroatoms. The van der Waals surface area contributed by atoms with Gasteiger partial charge in [0.1, 0.15) is 11.5 Å². The van der Waals surface area contributed by atoms with Gasteiger partial charge >= 0.3 is 0 Å². The lowest BCUT2D eigenvalue weighted by Crippen LogP contribution is -2.47. The number of hydrogen-bond donors (Lipinski definition) is 1. The van der Waals surface area contributed by atoms with E-state index >= 15 is 8.78 Å². The van der Waals surface area contributed by atoms with E-state index in [1.54, 1.807) is 31.3 Å². The zero-order chi connectivity index (χ0) is 20.7. The molecular formula is C22H28F2N2OS. The van der Waals surface area contributed by atoms with Gasteiger partial charge in [-0.3, -0.25) is 4.98 Å². The monoisotopic (exact) mass is 406 g/mol. The highest BCUT2D eigenvalue weighted by atomic mass is 32.2. The number of pyridine rings is 1. The molecule has 3 atom stereocenters. The predicted molar refractivity (Wildman–Crippen MR) is 113 cm³/mol. The van der Waals surface area contributed by atoms with Crippen molar-refractivity contribution in [1.82, 2.24) is 9.71 Å². The Kier molecular flexibility index (Phi) is 8.01. The Morgan fingerprint density at radius 3 is 2.79 bits per heavy atom. The maximum Gasteiger partial charge on any atom is 0.135 e. The van der Waals surface area contributed by atoms with E-state index in [-0.39, 0.29) is 12.2 Å². The van der Waals surface area contributed by atoms with Crippen LogP contribution in [0.4, 0.5) is 8.78 Å². The number of rotatable bonds is 10. The molecule has 0 radical (unpaired) electrons. The van der Waals surface area contributed by atoms with Crippen molar-refractivity contribution in [2.24, 2.45) is 0 Å². The summed E-state index contributed by atoms with van der Waals surface area (Å²) in [7, 11) is -1.34. The summed E-state index contributed by atoms with van der Waals surface area (Å²) in [6, 6.07) is 8.19. The Bertz CT molecular complexity index is 839. The molecule has 0 saturated carbocycles. The number of hydrogen-bond acceptors (Lipinski definition) is 2. The minimum atomic E-state index is -1.63. The highest BCUT2D eigenvalue weighted by Gasteiger charge is 2.34. The molecule has 0 saturated heterocycles. The molecule has 1 N–H and O–H groups in total. The van der Waals surface area contributed by atoms with Crippen LogP contribution in [0.1, 0.15) is 37.8 Å². The molecule has 0 aliphatic carbocycles. The van der Waals surface area contributed by atoms with E-state index in [1.807, 2.05) is 19.1 Å². The van der Waals surface area contributed by atoms with Crippen molar-refractivity contribution in [2.45, 2.75) is 51.7 Å². The summed E-state index contributed by atoms with van der Waals surface area (Å²) in [6.45, 7) is 8.76. The van der Waals surface area contributed by atoms with Gasteiger partial charge in [0.15, 0.2) is 0 Å². The van der Waals surface area contributed by atoms with Crippen LogP contribution >= 0.6 is 0 Å². The Labute approximate surface area is 168 Å². The number of allylic oxidation sites excluding steroid dienone is 1. The molecule has 1 heterocycles. The molecule has 0 amide bonds. The molecule has 2 aromatic rings. The molecule has 2 unspecified atom stereocenters. The molecule has 152 valence electrons. The van der Waals surface area contributed by atoms with Crippen LogP contribution in [-0.2, 0) is 17.4 Å². The maximum absolute atomic E-state index is 15.1. The molecule has 0 aliphatic rings. The van der Waals surface area contributed by atoms with Gasteiger partial charge in [0.05, 0.1) is 22.7 Å². The number of nitrogens with zero attached hydrogens (tertiary/aromatic N) is 1. The topological polar surface area (TPSA) is 42.0 Å². The van der Waals surface area contributed by atoms with Crippen molar-refractivity contribution in [3.63, 3.8) is 0 Å². The zero-order valence-corrected chi connectivity index (χ0v) is 17.5. The first-order chi connectivity index (χ1) is 13.3. The van der Waals surface area contributed by atoms with Gasteiger partial charge in [-0.05, 0) is 56.0 Å². The maximum atomic E-state index is 15.1. The van der Waals surface area contributed by atoms with Gasteiger partial charge in [-0.2, -0.15) is 0 Å². The first-order valence-electron chi connectivity index (χ1n) is 9.43. The van der Waals surface area contributed by atoms with Gasteiger partial charge in [-0.15, -0.1) is 6.58 Å². The largest absolute Gasteiger partial charge is 0.256 e. The second-order valence-electron chi connectivity index (χ2n) is 7.11. The van der Waals surface area contributed by atoms with Crippen molar-refractivity contribution in [3.8, 4) is 11.3 Å². The Morgan fingerprint density at radius 1 is 1.39 bits per heavy atom. The predicted octanol–water partition coefficient (Wildman–Crippen LogP) is 5.07. The van der Waals surface area contributed by atoms with Gasteiger partial charge < -0.3 is 0 Å². The minimum absolute atomic E-state index is 0.126. The molecule has 0 spiro atoms. The summed E-state index contributed by atoms with van der Waals surface area (Å²) in [5, 5.41) is 0. The summed E-state index contributed by atoms with van der Waals surface area (Å²) < 4.78 is 45.0. The average molecular weight is 407 g/mol. The lowest BCUT2D eigenvalue weighted by atomic mass is 9.90. The molecule has 1 aromatic carbocycles. The smallest absolute Gasteiger partial charge is 0.135 e. The van der Waals surface area contributed by atoms with Gasteiger partial charge in [0.2, 0.25) is 0 Å². The molecule has 28 heavy (non-hydrogen) atoms. The summed E-state index contributed by atoms with van der Waals surface area (Å²) in [5.41, 5.74) is 0.863. The van der Waals surface area contributed by atoms with Gasteiger partial charge in [0, 0.05) is 23.9 Å². The highest BCUT2D eigenvalue weighted by Crippen LogP contribution is 2.28. The Hall–Kier alpha value is -1.92. The number of halogens is 2. The van der Waals surface area contributed by atoms with E-state index in [0.717, 1.165) is 5.56 Å². The molecule has 1 aromatic heterocycles. The van der Waals surface area contributed by atoms with E-state index in [9.17, 15) is 4.21 Å². The van der Waals surface area contributed by atoms with Crippen LogP contribution in [0.5, 0.6) is 0 Å². The quantitative estimate of drug-likeness (QED) is 0.560. The summed E-state index contributed by atoms with van der Waals surface area (Å²) in [5.74, 6) is 0.0315. The fourth-order valence-corrected chi connectivity index (χ4v) is 3.95. The third kappa shape index (κ3) is 5.79. The van der Waals surface area contributed by atoms with E-state index in [0.29, 0.717) is 35.4 Å². The lowest BCUT2D eigenvalue weighted by molar-refractivity contribution is 0.138. The Balaban J connectivity index is 2.24. The molecule has 0 bridgehead atoms. The highest BCUT2D eigenvalue weighted by molar-refractivity contribution is 7.83. The second-order valence-corrected chi connectivity index (χ2v) is 8.62. The summed E-state index contributed by atoms with van der Waals surface area (Å²) >= 11 is 0. The van der Waals surface area contributed by atoms with E-state index in [4.69, 9.17) is 0 Å². The molecule has 0 fully saturated rings. The van der Waals surface area contributed by atoms with Crippen LogP contribution in [0.25, 0.3) is 11.3 Å². The van der Waals surface area contributed by atoms with Crippen molar-refractivity contribution in [2.75, 3.05) is 5.75 Å². The summed E-state index contributed by atoms with van der Waals surface area (Å²) in [4.78, 5) is 4.26. The second kappa shape index (κ2) is 10.0. The van der Waals surface area contributed by atoms with E-state index in [1.165, 1.54) is 13.0 Å². The van der Waals surface area contributed by atoms with E-state index < -0.39 is 22.7 Å². The van der Waals surface area contributed by atoms with Crippen molar-refractivity contribution in [1.29, 1.82) is 0 Å². The summed E-state index contributed by atoms with van der Waals surface area (Å²) in [6.07, 6.45) is 3.92. The SMILES string of the molecule is C=CCC(C)(F)[C@@H](CCc1cccc(-c2cc(C)ccn2)c1F)NS(=O)CC. The fraction of sp³-hybridized carbons (Fsp3) is 0.409. The van der Waals surface area contributed by atoms with Crippen molar-refractivity contribution in [3.05, 3.63) is 66.1 Å². The number of alkyl halides is 1. The standard InChI is InChI=1S/C22H28F2N2OS/c1-5-13-22(4,24)20(26-28(27)6-2)11-10-17-8-7-9-18(21(17)23)19-15-16(3)12-14-25-19/h5,7-9,12,14-15,20,26H,1,6,10-11,13H2,2-4H3/t20-,22?,28?/m1/s1. The number of benzene rings is 1. The zero-order valence-electron chi connectivity index (χ0n) is 16.7. The number of nitrogens with one attached hydrogen (secondary N) is 1. The van der Waals surface area contributed by atoms with Gasteiger partial charge in [-0.25, -0.2) is 17.7 Å². The van der Waals surface area contributed by atoms with Crippen molar-refractivity contribution < 1.29 is 13.0 Å². The van der Waals surface area contributed by atoms with Crippen LogP contribution in [0.15, 0.2) is 49.2 Å². The van der Waals surface area contributed by atoms with Gasteiger partial charge in [0.25, 0.3) is 0 Å². The molecule has 3 nitrogen and oxygen atoms in total. The third-order valence-electron chi connectivity index (χ3n) is 4.78. The first-order valence-corrected chi connectivity index (χ1v) is 10.7. The lowest BCUT2D eigenvalue weighted by Gasteiger charge is -2.30. The number of aryl methyl sites for hydroxylation is 2. The van der Waals surface area contributed by atoms with Crippen LogP contribution < -0.4 is 4.72 Å². The average Bonchev–Trinajstić information content (AvgIpc) is 2.65. The first kappa shape index (κ1) is 22.4.